The first kappa shape index (κ1) is 15.7. The van der Waals surface area contributed by atoms with Gasteiger partial charge in [0.1, 0.15) is 0 Å². The van der Waals surface area contributed by atoms with Crippen molar-refractivity contribution in [2.45, 2.75) is 63.8 Å². The van der Waals surface area contributed by atoms with Crippen molar-refractivity contribution in [3.8, 4) is 0 Å². The molecule has 2 fully saturated rings. The van der Waals surface area contributed by atoms with Crippen LogP contribution in [0.1, 0.15) is 40.5 Å². The lowest BCUT2D eigenvalue weighted by molar-refractivity contribution is -0.0703. The van der Waals surface area contributed by atoms with E-state index in [1.807, 2.05) is 4.90 Å². The first-order valence-electron chi connectivity index (χ1n) is 8.08. The number of ether oxygens (including phenoxy) is 1. The molecular formula is C17H26FN3O. The van der Waals surface area contributed by atoms with Crippen LogP contribution in [0.3, 0.4) is 0 Å². The second-order valence-corrected chi connectivity index (χ2v) is 7.63. The number of hydrogen-bond acceptors (Lipinski definition) is 4. The predicted molar refractivity (Wildman–Crippen MR) is 85.6 cm³/mol. The number of nitrogens with one attached hydrogen (secondary N) is 1. The van der Waals surface area contributed by atoms with Crippen LogP contribution in [-0.4, -0.2) is 41.4 Å². The van der Waals surface area contributed by atoms with E-state index in [9.17, 15) is 4.39 Å². The summed E-state index contributed by atoms with van der Waals surface area (Å²) in [5.41, 5.74) is -0.264. The van der Waals surface area contributed by atoms with Crippen molar-refractivity contribution in [3.05, 3.63) is 24.1 Å². The Bertz CT molecular complexity index is 546. The molecule has 2 aliphatic heterocycles. The summed E-state index contributed by atoms with van der Waals surface area (Å²) in [5, 5.41) is 3.73. The van der Waals surface area contributed by atoms with Crippen molar-refractivity contribution in [1.29, 1.82) is 0 Å². The van der Waals surface area contributed by atoms with Crippen molar-refractivity contribution in [2.75, 3.05) is 18.0 Å². The summed E-state index contributed by atoms with van der Waals surface area (Å²) in [6.45, 7) is 10.2. The maximum Gasteiger partial charge on any atom is 0.165 e. The largest absolute Gasteiger partial charge is 0.368 e. The topological polar surface area (TPSA) is 37.4 Å². The molecule has 0 amide bonds. The maximum atomic E-state index is 13.9. The average molecular weight is 307 g/mol. The van der Waals surface area contributed by atoms with E-state index in [0.717, 1.165) is 25.9 Å². The van der Waals surface area contributed by atoms with Crippen LogP contribution < -0.4 is 10.2 Å². The molecule has 0 radical (unpaired) electrons. The quantitative estimate of drug-likeness (QED) is 0.932. The zero-order chi connectivity index (χ0) is 16.0. The van der Waals surface area contributed by atoms with Crippen LogP contribution in [0, 0.1) is 5.82 Å². The molecule has 3 rings (SSSR count). The van der Waals surface area contributed by atoms with E-state index in [-0.39, 0.29) is 17.0 Å². The van der Waals surface area contributed by atoms with Crippen LogP contribution in [0.25, 0.3) is 0 Å². The van der Waals surface area contributed by atoms with Crippen molar-refractivity contribution >= 4 is 5.82 Å². The first-order chi connectivity index (χ1) is 10.3. The summed E-state index contributed by atoms with van der Waals surface area (Å²) in [5.74, 6) is 0.225. The van der Waals surface area contributed by atoms with Gasteiger partial charge in [-0.05, 0) is 52.7 Å². The fourth-order valence-electron chi connectivity index (χ4n) is 3.81. The summed E-state index contributed by atoms with van der Waals surface area (Å²) in [4.78, 5) is 6.21. The van der Waals surface area contributed by atoms with Gasteiger partial charge in [-0.1, -0.05) is 0 Å². The Hall–Kier alpha value is -1.20. The van der Waals surface area contributed by atoms with Gasteiger partial charge in [0.2, 0.25) is 0 Å². The zero-order valence-electron chi connectivity index (χ0n) is 13.9. The Balaban J connectivity index is 1.63. The molecule has 0 aliphatic carbocycles. The Morgan fingerprint density at radius 1 is 1.36 bits per heavy atom. The third kappa shape index (κ3) is 3.10. The molecule has 0 aromatic carbocycles. The second-order valence-electron chi connectivity index (χ2n) is 7.63. The van der Waals surface area contributed by atoms with Crippen molar-refractivity contribution in [3.63, 3.8) is 0 Å². The van der Waals surface area contributed by atoms with Gasteiger partial charge in [-0.25, -0.2) is 9.37 Å². The van der Waals surface area contributed by atoms with Crippen LogP contribution >= 0.6 is 0 Å². The van der Waals surface area contributed by atoms with Gasteiger partial charge in [-0.2, -0.15) is 0 Å². The molecule has 1 N–H and O–H groups in total. The van der Waals surface area contributed by atoms with E-state index in [1.54, 1.807) is 12.3 Å². The molecule has 4 nitrogen and oxygen atoms in total. The monoisotopic (exact) mass is 307 g/mol. The third-order valence-electron chi connectivity index (χ3n) is 4.74. The smallest absolute Gasteiger partial charge is 0.165 e. The molecule has 0 unspecified atom stereocenters. The SMILES string of the molecule is CC1(C)C[C@@H](N[C@H]2CCN(c3ncccc3F)C2)C(C)(C)O1. The van der Waals surface area contributed by atoms with E-state index < -0.39 is 0 Å². The average Bonchev–Trinajstić information content (AvgIpc) is 2.92. The Morgan fingerprint density at radius 2 is 2.14 bits per heavy atom. The molecule has 22 heavy (non-hydrogen) atoms. The summed E-state index contributed by atoms with van der Waals surface area (Å²) < 4.78 is 20.0. The summed E-state index contributed by atoms with van der Waals surface area (Å²) in [6.07, 6.45) is 3.65. The van der Waals surface area contributed by atoms with Crippen LogP contribution in [-0.2, 0) is 4.74 Å². The van der Waals surface area contributed by atoms with Gasteiger partial charge in [0, 0.05) is 31.4 Å². The minimum atomic E-state index is -0.242. The Labute approximate surface area is 132 Å². The molecule has 2 atom stereocenters. The molecule has 122 valence electrons. The molecule has 2 aliphatic rings. The number of hydrogen-bond donors (Lipinski definition) is 1. The highest BCUT2D eigenvalue weighted by atomic mass is 19.1. The zero-order valence-corrected chi connectivity index (χ0v) is 13.9. The van der Waals surface area contributed by atoms with Crippen LogP contribution in [0.15, 0.2) is 18.3 Å². The number of halogens is 1. The molecule has 2 saturated heterocycles. The highest BCUT2D eigenvalue weighted by Gasteiger charge is 2.46. The molecule has 3 heterocycles. The minimum Gasteiger partial charge on any atom is -0.368 e. The first-order valence-corrected chi connectivity index (χ1v) is 8.08. The van der Waals surface area contributed by atoms with E-state index in [1.165, 1.54) is 6.07 Å². The van der Waals surface area contributed by atoms with Crippen molar-refractivity contribution < 1.29 is 9.13 Å². The fourth-order valence-corrected chi connectivity index (χ4v) is 3.81. The van der Waals surface area contributed by atoms with Gasteiger partial charge in [0.05, 0.1) is 11.2 Å². The van der Waals surface area contributed by atoms with Gasteiger partial charge in [0.25, 0.3) is 0 Å². The maximum absolute atomic E-state index is 13.9. The molecule has 0 bridgehead atoms. The number of rotatable bonds is 3. The van der Waals surface area contributed by atoms with Crippen LogP contribution in [0.5, 0.6) is 0 Å². The highest BCUT2D eigenvalue weighted by Crippen LogP contribution is 2.37. The van der Waals surface area contributed by atoms with Crippen molar-refractivity contribution in [2.24, 2.45) is 0 Å². The number of anilines is 1. The number of nitrogens with zero attached hydrogens (tertiary/aromatic N) is 2. The van der Waals surface area contributed by atoms with E-state index in [4.69, 9.17) is 4.74 Å². The second kappa shape index (κ2) is 5.46. The van der Waals surface area contributed by atoms with Crippen LogP contribution in [0.4, 0.5) is 10.2 Å². The van der Waals surface area contributed by atoms with Gasteiger partial charge in [-0.15, -0.1) is 0 Å². The summed E-state index contributed by atoms with van der Waals surface area (Å²) in [7, 11) is 0. The number of aromatic nitrogens is 1. The lowest BCUT2D eigenvalue weighted by Crippen LogP contribution is -2.48. The van der Waals surface area contributed by atoms with Gasteiger partial charge < -0.3 is 15.0 Å². The van der Waals surface area contributed by atoms with E-state index >= 15 is 0 Å². The Kier molecular flexibility index (Phi) is 3.89. The molecule has 1 aromatic rings. The third-order valence-corrected chi connectivity index (χ3v) is 4.74. The molecule has 0 spiro atoms. The fraction of sp³-hybridized carbons (Fsp3) is 0.706. The Morgan fingerprint density at radius 3 is 2.77 bits per heavy atom. The number of pyridine rings is 1. The summed E-state index contributed by atoms with van der Waals surface area (Å²) >= 11 is 0. The molecule has 5 heteroatoms. The van der Waals surface area contributed by atoms with E-state index in [2.05, 4.69) is 38.0 Å². The van der Waals surface area contributed by atoms with Gasteiger partial charge in [-0.3, -0.25) is 0 Å². The lowest BCUT2D eigenvalue weighted by Gasteiger charge is -2.30. The van der Waals surface area contributed by atoms with Crippen LogP contribution in [0.2, 0.25) is 0 Å². The van der Waals surface area contributed by atoms with Crippen molar-refractivity contribution in [1.82, 2.24) is 10.3 Å². The predicted octanol–water partition coefficient (Wildman–Crippen LogP) is 2.74. The molecular weight excluding hydrogens is 281 g/mol. The van der Waals surface area contributed by atoms with Gasteiger partial charge >= 0.3 is 0 Å². The van der Waals surface area contributed by atoms with E-state index in [0.29, 0.717) is 17.9 Å². The standard InChI is InChI=1S/C17H26FN3O/c1-16(2)10-14(17(3,4)22-16)20-12-7-9-21(11-12)15-13(18)6-5-8-19-15/h5-6,8,12,14,20H,7,9-11H2,1-4H3/t12-,14+/m0/s1. The minimum absolute atomic E-state index is 0.0907. The molecule has 1 aromatic heterocycles. The normalized spacial score (nSPS) is 30.0. The summed E-state index contributed by atoms with van der Waals surface area (Å²) in [6, 6.07) is 3.77. The molecule has 0 saturated carbocycles. The highest BCUT2D eigenvalue weighted by molar-refractivity contribution is 5.41. The van der Waals surface area contributed by atoms with Gasteiger partial charge in [0.15, 0.2) is 11.6 Å². The lowest BCUT2D eigenvalue weighted by atomic mass is 9.93.